The number of allylic oxidation sites excluding steroid dienone is 2. The van der Waals surface area contributed by atoms with E-state index in [9.17, 15) is 10.1 Å². The number of hydrogen-bond donors (Lipinski definition) is 1. The van der Waals surface area contributed by atoms with Crippen LogP contribution in [0.15, 0.2) is 42.5 Å². The fourth-order valence-corrected chi connectivity index (χ4v) is 4.62. The van der Waals surface area contributed by atoms with Crippen LogP contribution in [0.2, 0.25) is 15.1 Å². The molecule has 2 aromatic carbocycles. The first kappa shape index (κ1) is 16.7. The van der Waals surface area contributed by atoms with Crippen LogP contribution in [0.4, 0.5) is 11.4 Å². The predicted molar refractivity (Wildman–Crippen MR) is 101 cm³/mol. The van der Waals surface area contributed by atoms with Crippen LogP contribution < -0.4 is 5.32 Å². The van der Waals surface area contributed by atoms with Crippen molar-refractivity contribution in [2.45, 2.75) is 18.4 Å². The van der Waals surface area contributed by atoms with E-state index in [0.717, 1.165) is 12.0 Å². The SMILES string of the molecule is O=[N+]([O-])c1ccc(Cl)c2c1[C@H]1C=CC[C@H]1[C@@H](c1ccc(Cl)cc1Cl)N2. The third-order valence-electron chi connectivity index (χ3n) is 4.94. The first-order valence-electron chi connectivity index (χ1n) is 7.82. The maximum absolute atomic E-state index is 11.5. The quantitative estimate of drug-likeness (QED) is 0.364. The van der Waals surface area contributed by atoms with Gasteiger partial charge in [-0.25, -0.2) is 0 Å². The molecule has 2 aliphatic rings. The number of anilines is 1. The van der Waals surface area contributed by atoms with Gasteiger partial charge in [-0.2, -0.15) is 0 Å². The minimum Gasteiger partial charge on any atom is -0.376 e. The summed E-state index contributed by atoms with van der Waals surface area (Å²) >= 11 is 18.8. The van der Waals surface area contributed by atoms with Crippen molar-refractivity contribution in [2.24, 2.45) is 5.92 Å². The molecule has 0 saturated carbocycles. The van der Waals surface area contributed by atoms with E-state index >= 15 is 0 Å². The molecule has 1 aliphatic heterocycles. The summed E-state index contributed by atoms with van der Waals surface area (Å²) in [5, 5.41) is 16.5. The highest BCUT2D eigenvalue weighted by Gasteiger charge is 2.42. The summed E-state index contributed by atoms with van der Waals surface area (Å²) in [7, 11) is 0. The van der Waals surface area contributed by atoms with E-state index in [1.807, 2.05) is 12.1 Å². The van der Waals surface area contributed by atoms with Crippen molar-refractivity contribution in [1.82, 2.24) is 0 Å². The van der Waals surface area contributed by atoms with Gasteiger partial charge in [0.25, 0.3) is 5.69 Å². The Balaban J connectivity index is 1.89. The molecule has 0 saturated heterocycles. The lowest BCUT2D eigenvalue weighted by molar-refractivity contribution is -0.385. The average molecular weight is 396 g/mol. The number of fused-ring (bicyclic) bond motifs is 3. The molecule has 4 nitrogen and oxygen atoms in total. The Labute approximate surface area is 159 Å². The van der Waals surface area contributed by atoms with Crippen molar-refractivity contribution in [3.63, 3.8) is 0 Å². The molecule has 128 valence electrons. The molecule has 0 fully saturated rings. The predicted octanol–water partition coefficient (Wildman–Crippen LogP) is 6.38. The van der Waals surface area contributed by atoms with E-state index in [2.05, 4.69) is 11.4 Å². The molecule has 0 spiro atoms. The Kier molecular flexibility index (Phi) is 4.14. The Hall–Kier alpha value is -1.75. The van der Waals surface area contributed by atoms with Crippen LogP contribution in [-0.4, -0.2) is 4.92 Å². The second-order valence-electron chi connectivity index (χ2n) is 6.25. The molecule has 1 heterocycles. The summed E-state index contributed by atoms with van der Waals surface area (Å²) in [4.78, 5) is 11.1. The van der Waals surface area contributed by atoms with Gasteiger partial charge in [-0.05, 0) is 36.1 Å². The lowest BCUT2D eigenvalue weighted by atomic mass is 9.76. The number of nitro groups is 1. The smallest absolute Gasteiger partial charge is 0.275 e. The van der Waals surface area contributed by atoms with Crippen molar-refractivity contribution in [1.29, 1.82) is 0 Å². The Bertz CT molecular complexity index is 913. The maximum Gasteiger partial charge on any atom is 0.275 e. The molecule has 25 heavy (non-hydrogen) atoms. The molecule has 4 rings (SSSR count). The minimum atomic E-state index is -0.352. The van der Waals surface area contributed by atoms with Gasteiger partial charge >= 0.3 is 0 Å². The highest BCUT2D eigenvalue weighted by Crippen LogP contribution is 2.54. The topological polar surface area (TPSA) is 55.2 Å². The summed E-state index contributed by atoms with van der Waals surface area (Å²) in [5.74, 6) is 0.0513. The second-order valence-corrected chi connectivity index (χ2v) is 7.50. The Morgan fingerprint density at radius 3 is 2.64 bits per heavy atom. The lowest BCUT2D eigenvalue weighted by Gasteiger charge is -2.37. The van der Waals surface area contributed by atoms with E-state index in [-0.39, 0.29) is 28.5 Å². The number of nitrogens with one attached hydrogen (secondary N) is 1. The monoisotopic (exact) mass is 394 g/mol. The highest BCUT2D eigenvalue weighted by molar-refractivity contribution is 6.35. The van der Waals surface area contributed by atoms with Crippen LogP contribution in [0.5, 0.6) is 0 Å². The standard InChI is InChI=1S/C18H13Cl3N2O2/c19-9-4-5-12(14(21)8-9)17-11-3-1-2-10(11)16-15(23(24)25)7-6-13(20)18(16)22-17/h1-2,4-8,10-11,17,22H,3H2/t10-,11+,17-/m0/s1. The van der Waals surface area contributed by atoms with Crippen molar-refractivity contribution in [3.8, 4) is 0 Å². The third-order valence-corrected chi connectivity index (χ3v) is 5.82. The zero-order valence-corrected chi connectivity index (χ0v) is 15.1. The van der Waals surface area contributed by atoms with E-state index in [1.54, 1.807) is 18.2 Å². The molecule has 1 aliphatic carbocycles. The molecule has 0 amide bonds. The molecule has 0 aromatic heterocycles. The van der Waals surface area contributed by atoms with Gasteiger partial charge in [0.1, 0.15) is 0 Å². The number of benzene rings is 2. The largest absolute Gasteiger partial charge is 0.376 e. The molecule has 0 radical (unpaired) electrons. The molecule has 0 unspecified atom stereocenters. The van der Waals surface area contributed by atoms with E-state index < -0.39 is 0 Å². The number of nitrogens with zero attached hydrogens (tertiary/aromatic N) is 1. The van der Waals surface area contributed by atoms with Crippen LogP contribution in [0, 0.1) is 16.0 Å². The van der Waals surface area contributed by atoms with E-state index in [4.69, 9.17) is 34.8 Å². The van der Waals surface area contributed by atoms with Gasteiger partial charge in [0.2, 0.25) is 0 Å². The van der Waals surface area contributed by atoms with E-state index in [1.165, 1.54) is 6.07 Å². The van der Waals surface area contributed by atoms with Crippen LogP contribution >= 0.6 is 34.8 Å². The van der Waals surface area contributed by atoms with E-state index in [0.29, 0.717) is 26.3 Å². The van der Waals surface area contributed by atoms with Crippen molar-refractivity contribution >= 4 is 46.2 Å². The van der Waals surface area contributed by atoms with Gasteiger partial charge in [-0.3, -0.25) is 10.1 Å². The van der Waals surface area contributed by atoms with Gasteiger partial charge in [0, 0.05) is 22.0 Å². The van der Waals surface area contributed by atoms with Crippen molar-refractivity contribution in [2.75, 3.05) is 5.32 Å². The highest BCUT2D eigenvalue weighted by atomic mass is 35.5. The molecular formula is C18H13Cl3N2O2. The van der Waals surface area contributed by atoms with Gasteiger partial charge in [-0.1, -0.05) is 53.0 Å². The van der Waals surface area contributed by atoms with Crippen LogP contribution in [0.25, 0.3) is 0 Å². The fraction of sp³-hybridized carbons (Fsp3) is 0.222. The number of nitro benzene ring substituents is 1. The average Bonchev–Trinajstić information content (AvgIpc) is 3.04. The van der Waals surface area contributed by atoms with Gasteiger partial charge < -0.3 is 5.32 Å². The van der Waals surface area contributed by atoms with Crippen LogP contribution in [-0.2, 0) is 0 Å². The zero-order valence-electron chi connectivity index (χ0n) is 12.9. The maximum atomic E-state index is 11.5. The number of hydrogen-bond acceptors (Lipinski definition) is 3. The minimum absolute atomic E-state index is 0.0768. The normalized spacial score (nSPS) is 23.7. The molecule has 3 atom stereocenters. The van der Waals surface area contributed by atoms with Crippen LogP contribution in [0.3, 0.4) is 0 Å². The molecule has 2 aromatic rings. The number of rotatable bonds is 2. The summed E-state index contributed by atoms with van der Waals surface area (Å²) in [6.45, 7) is 0. The van der Waals surface area contributed by atoms with Crippen LogP contribution in [0.1, 0.15) is 29.5 Å². The van der Waals surface area contributed by atoms with Gasteiger partial charge in [0.15, 0.2) is 0 Å². The summed E-state index contributed by atoms with van der Waals surface area (Å²) in [5.41, 5.74) is 2.27. The Morgan fingerprint density at radius 1 is 1.12 bits per heavy atom. The van der Waals surface area contributed by atoms with Gasteiger partial charge in [-0.15, -0.1) is 0 Å². The summed E-state index contributed by atoms with van der Waals surface area (Å²) in [6, 6.07) is 8.34. The molecule has 0 bridgehead atoms. The molecular weight excluding hydrogens is 383 g/mol. The zero-order chi connectivity index (χ0) is 17.7. The summed E-state index contributed by atoms with van der Waals surface area (Å²) in [6.07, 6.45) is 4.91. The fourth-order valence-electron chi connectivity index (χ4n) is 3.88. The second kappa shape index (κ2) is 6.20. The first-order chi connectivity index (χ1) is 12.0. The van der Waals surface area contributed by atoms with Gasteiger partial charge in [0.05, 0.1) is 27.2 Å². The third kappa shape index (κ3) is 2.69. The lowest BCUT2D eigenvalue weighted by Crippen LogP contribution is -2.30. The number of halogens is 3. The molecule has 7 heteroatoms. The van der Waals surface area contributed by atoms with Crippen molar-refractivity contribution in [3.05, 3.63) is 78.8 Å². The first-order valence-corrected chi connectivity index (χ1v) is 8.95. The molecule has 1 N–H and O–H groups in total. The summed E-state index contributed by atoms with van der Waals surface area (Å²) < 4.78 is 0. The Morgan fingerprint density at radius 2 is 1.92 bits per heavy atom. The van der Waals surface area contributed by atoms with Crippen molar-refractivity contribution < 1.29 is 4.92 Å².